The summed E-state index contributed by atoms with van der Waals surface area (Å²) in [6, 6.07) is 0. The van der Waals surface area contributed by atoms with Crippen molar-refractivity contribution >= 4 is 39.7 Å². The van der Waals surface area contributed by atoms with Crippen molar-refractivity contribution in [2.24, 2.45) is 0 Å². The highest BCUT2D eigenvalue weighted by molar-refractivity contribution is 7.92. The fraction of sp³-hybridized carbons (Fsp3) is 0.600. The summed E-state index contributed by atoms with van der Waals surface area (Å²) in [6.45, 7) is 1.05. The minimum absolute atomic E-state index is 0.443. The first-order chi connectivity index (χ1) is 6.00. The minimum atomic E-state index is -3.19. The molecule has 0 radical (unpaired) electrons. The molecule has 0 amide bonds. The number of anilines is 1. The maximum absolute atomic E-state index is 11.2. The van der Waals surface area contributed by atoms with Crippen molar-refractivity contribution in [2.45, 2.75) is 6.54 Å². The largest absolute Gasteiger partial charge is 0.290 e. The molecule has 5 nitrogen and oxygen atoms in total. The molecule has 1 aromatic heterocycles. The Balaban J connectivity index is 2.57. The molecule has 0 N–H and O–H groups in total. The molecule has 0 atom stereocenters. The maximum Gasteiger partial charge on any atom is 0.234 e. The highest BCUT2D eigenvalue weighted by Gasteiger charge is 2.28. The highest BCUT2D eigenvalue weighted by Crippen LogP contribution is 2.24. The van der Waals surface area contributed by atoms with E-state index in [4.69, 9.17) is 12.2 Å². The SMILES string of the molecule is CS(=O)(=O)N1CCn2c1nsc2=S. The molecular formula is C5H7N3O2S3. The summed E-state index contributed by atoms with van der Waals surface area (Å²) in [7, 11) is -3.19. The molecule has 8 heteroatoms. The third kappa shape index (κ3) is 1.38. The van der Waals surface area contributed by atoms with Crippen molar-refractivity contribution in [2.75, 3.05) is 17.1 Å². The third-order valence-electron chi connectivity index (χ3n) is 1.82. The van der Waals surface area contributed by atoms with Gasteiger partial charge in [-0.15, -0.1) is 0 Å². The lowest BCUT2D eigenvalue weighted by Crippen LogP contribution is -2.27. The summed E-state index contributed by atoms with van der Waals surface area (Å²) in [5.41, 5.74) is 0. The molecule has 0 saturated heterocycles. The zero-order valence-corrected chi connectivity index (χ0v) is 9.25. The Hall–Kier alpha value is -0.470. The Morgan fingerprint density at radius 1 is 1.54 bits per heavy atom. The van der Waals surface area contributed by atoms with Gasteiger partial charge in [0.15, 0.2) is 3.95 Å². The Morgan fingerprint density at radius 2 is 2.23 bits per heavy atom. The van der Waals surface area contributed by atoms with E-state index in [0.29, 0.717) is 23.0 Å². The fourth-order valence-corrected chi connectivity index (χ4v) is 3.05. The van der Waals surface area contributed by atoms with Crippen molar-refractivity contribution in [3.05, 3.63) is 3.95 Å². The Morgan fingerprint density at radius 3 is 2.85 bits per heavy atom. The lowest BCUT2D eigenvalue weighted by molar-refractivity contribution is 0.598. The number of hydrogen-bond donors (Lipinski definition) is 0. The third-order valence-corrected chi connectivity index (χ3v) is 4.04. The first-order valence-electron chi connectivity index (χ1n) is 3.54. The molecule has 1 aromatic rings. The van der Waals surface area contributed by atoms with E-state index in [1.807, 2.05) is 0 Å². The van der Waals surface area contributed by atoms with Gasteiger partial charge in [-0.1, -0.05) is 0 Å². The van der Waals surface area contributed by atoms with Crippen molar-refractivity contribution in [3.63, 3.8) is 0 Å². The van der Waals surface area contributed by atoms with Crippen LogP contribution in [-0.2, 0) is 16.6 Å². The first kappa shape index (κ1) is 9.10. The second kappa shape index (κ2) is 2.76. The van der Waals surface area contributed by atoms with Crippen LogP contribution in [0.5, 0.6) is 0 Å². The highest BCUT2D eigenvalue weighted by atomic mass is 32.2. The smallest absolute Gasteiger partial charge is 0.234 e. The van der Waals surface area contributed by atoms with Gasteiger partial charge in [0.25, 0.3) is 0 Å². The number of hydrogen-bond acceptors (Lipinski definition) is 5. The van der Waals surface area contributed by atoms with E-state index in [2.05, 4.69) is 4.37 Å². The lowest BCUT2D eigenvalue weighted by Gasteiger charge is -2.11. The van der Waals surface area contributed by atoms with Gasteiger partial charge in [0.2, 0.25) is 16.0 Å². The predicted octanol–water partition coefficient (Wildman–Crippen LogP) is 0.454. The van der Waals surface area contributed by atoms with Gasteiger partial charge in [0.1, 0.15) is 0 Å². The summed E-state index contributed by atoms with van der Waals surface area (Å²) in [5.74, 6) is 0.456. The molecular weight excluding hydrogens is 230 g/mol. The molecule has 0 bridgehead atoms. The van der Waals surface area contributed by atoms with Crippen LogP contribution >= 0.6 is 23.8 Å². The van der Waals surface area contributed by atoms with Crippen LogP contribution in [-0.4, -0.2) is 30.2 Å². The van der Waals surface area contributed by atoms with Crippen LogP contribution in [0.15, 0.2) is 0 Å². The monoisotopic (exact) mass is 237 g/mol. The molecule has 0 spiro atoms. The number of rotatable bonds is 1. The zero-order chi connectivity index (χ0) is 9.64. The second-order valence-electron chi connectivity index (χ2n) is 2.74. The average molecular weight is 237 g/mol. The van der Waals surface area contributed by atoms with Crippen molar-refractivity contribution in [1.82, 2.24) is 8.94 Å². The number of fused-ring (bicyclic) bond motifs is 1. The average Bonchev–Trinajstić information content (AvgIpc) is 2.51. The molecule has 0 unspecified atom stereocenters. The van der Waals surface area contributed by atoms with E-state index in [1.165, 1.54) is 10.6 Å². The zero-order valence-electron chi connectivity index (χ0n) is 6.80. The number of aromatic nitrogens is 2. The minimum Gasteiger partial charge on any atom is -0.290 e. The molecule has 1 aliphatic heterocycles. The van der Waals surface area contributed by atoms with Crippen molar-refractivity contribution in [3.8, 4) is 0 Å². The summed E-state index contributed by atoms with van der Waals surface area (Å²) in [4.78, 5) is 0. The van der Waals surface area contributed by atoms with Gasteiger partial charge < -0.3 is 0 Å². The Bertz CT molecular complexity index is 485. The molecule has 72 valence electrons. The Labute approximate surface area is 84.8 Å². The molecule has 0 aliphatic carbocycles. The summed E-state index contributed by atoms with van der Waals surface area (Å²) in [6.07, 6.45) is 1.17. The van der Waals surface area contributed by atoms with Gasteiger partial charge in [0.05, 0.1) is 12.8 Å². The quantitative estimate of drug-likeness (QED) is 0.666. The topological polar surface area (TPSA) is 55.2 Å². The van der Waals surface area contributed by atoms with Crippen molar-refractivity contribution in [1.29, 1.82) is 0 Å². The van der Waals surface area contributed by atoms with Crippen molar-refractivity contribution < 1.29 is 8.42 Å². The van der Waals surface area contributed by atoms with Gasteiger partial charge in [-0.2, -0.15) is 4.37 Å². The van der Waals surface area contributed by atoms with Crippen LogP contribution in [0.25, 0.3) is 0 Å². The van der Waals surface area contributed by atoms with Crippen LogP contribution in [0, 0.1) is 3.95 Å². The Kier molecular flexibility index (Phi) is 1.93. The van der Waals surface area contributed by atoms with Gasteiger partial charge in [-0.3, -0.25) is 4.57 Å². The van der Waals surface area contributed by atoms with Crippen LogP contribution in [0.4, 0.5) is 5.95 Å². The van der Waals surface area contributed by atoms with E-state index in [1.54, 1.807) is 4.57 Å². The molecule has 1 aliphatic rings. The van der Waals surface area contributed by atoms with E-state index < -0.39 is 10.0 Å². The summed E-state index contributed by atoms with van der Waals surface area (Å²) >= 11 is 6.13. The van der Waals surface area contributed by atoms with Crippen LogP contribution in [0.1, 0.15) is 0 Å². The van der Waals surface area contributed by atoms with E-state index in [9.17, 15) is 8.42 Å². The molecule has 13 heavy (non-hydrogen) atoms. The number of nitrogens with zero attached hydrogens (tertiary/aromatic N) is 3. The summed E-state index contributed by atoms with van der Waals surface area (Å²) < 4.78 is 30.1. The molecule has 0 aromatic carbocycles. The fourth-order valence-electron chi connectivity index (χ4n) is 1.24. The van der Waals surface area contributed by atoms with Gasteiger partial charge in [-0.05, 0) is 23.8 Å². The molecule has 0 saturated carbocycles. The standard InChI is InChI=1S/C5H7N3O2S3/c1-13(9,10)8-3-2-7-4(8)6-12-5(7)11/h2-3H2,1H3. The maximum atomic E-state index is 11.2. The second-order valence-corrected chi connectivity index (χ2v) is 6.04. The molecule has 2 heterocycles. The molecule has 2 rings (SSSR count). The van der Waals surface area contributed by atoms with E-state index in [0.717, 1.165) is 11.5 Å². The van der Waals surface area contributed by atoms with Gasteiger partial charge in [-0.25, -0.2) is 12.7 Å². The van der Waals surface area contributed by atoms with Gasteiger partial charge in [0, 0.05) is 6.54 Å². The lowest BCUT2D eigenvalue weighted by atomic mass is 10.7. The van der Waals surface area contributed by atoms with Crippen LogP contribution in [0.2, 0.25) is 0 Å². The normalized spacial score (nSPS) is 16.2. The van der Waals surface area contributed by atoms with E-state index >= 15 is 0 Å². The molecule has 0 fully saturated rings. The first-order valence-corrected chi connectivity index (χ1v) is 6.57. The predicted molar refractivity (Wildman–Crippen MR) is 53.1 cm³/mol. The summed E-state index contributed by atoms with van der Waals surface area (Å²) in [5, 5.41) is 0. The van der Waals surface area contributed by atoms with Gasteiger partial charge >= 0.3 is 0 Å². The van der Waals surface area contributed by atoms with E-state index in [-0.39, 0.29) is 0 Å². The van der Waals surface area contributed by atoms with Crippen LogP contribution in [0.3, 0.4) is 0 Å². The van der Waals surface area contributed by atoms with Crippen LogP contribution < -0.4 is 4.31 Å². The number of sulfonamides is 1.